The van der Waals surface area contributed by atoms with Gasteiger partial charge in [0, 0.05) is 28.8 Å². The van der Waals surface area contributed by atoms with Crippen LogP contribution in [0.25, 0.3) is 32.7 Å². The maximum absolute atomic E-state index is 6.62. The fourth-order valence-electron chi connectivity index (χ4n) is 5.93. The molecule has 0 amide bonds. The van der Waals surface area contributed by atoms with Gasteiger partial charge < -0.3 is 18.9 Å². The number of ether oxygens (including phenoxy) is 4. The predicted octanol–water partition coefficient (Wildman–Crippen LogP) is 8.03. The number of hydrogen-bond acceptors (Lipinski definition) is 4. The lowest BCUT2D eigenvalue weighted by atomic mass is 9.91. The summed E-state index contributed by atoms with van der Waals surface area (Å²) in [6.07, 6.45) is 0. The van der Waals surface area contributed by atoms with E-state index in [4.69, 9.17) is 18.9 Å². The summed E-state index contributed by atoms with van der Waals surface area (Å²) in [6.45, 7) is 4.43. The summed E-state index contributed by atoms with van der Waals surface area (Å²) in [5, 5.41) is 8.21. The van der Waals surface area contributed by atoms with E-state index < -0.39 is 7.92 Å². The normalized spacial score (nSPS) is 11.9. The summed E-state index contributed by atoms with van der Waals surface area (Å²) in [6, 6.07) is 38.5. The molecular formula is C38H35O4P. The van der Waals surface area contributed by atoms with Crippen molar-refractivity contribution in [1.29, 1.82) is 0 Å². The summed E-state index contributed by atoms with van der Waals surface area (Å²) >= 11 is 0. The molecule has 0 radical (unpaired) electrons. The third-order valence-electron chi connectivity index (χ3n) is 7.89. The summed E-state index contributed by atoms with van der Waals surface area (Å²) < 4.78 is 23.7. The third kappa shape index (κ3) is 5.33. The van der Waals surface area contributed by atoms with E-state index in [9.17, 15) is 0 Å². The first-order valence-corrected chi connectivity index (χ1v) is 15.6. The minimum absolute atomic E-state index is 0.127. The Morgan fingerprint density at radius 1 is 0.605 bits per heavy atom. The van der Waals surface area contributed by atoms with Crippen molar-refractivity contribution in [3.8, 4) is 28.4 Å². The molecule has 0 aliphatic rings. The average molecular weight is 587 g/mol. The lowest BCUT2D eigenvalue weighted by Gasteiger charge is -2.28. The molecule has 0 N–H and O–H groups in total. The fraction of sp³-hybridized carbons (Fsp3) is 0.158. The van der Waals surface area contributed by atoms with Gasteiger partial charge in [0.25, 0.3) is 0 Å². The van der Waals surface area contributed by atoms with Gasteiger partial charge in [0.15, 0.2) is 6.79 Å². The Balaban J connectivity index is 1.72. The highest BCUT2D eigenvalue weighted by atomic mass is 31.1. The molecule has 0 saturated carbocycles. The maximum Gasteiger partial charge on any atom is 0.188 e. The summed E-state index contributed by atoms with van der Waals surface area (Å²) in [4.78, 5) is 0. The molecule has 5 heteroatoms. The van der Waals surface area contributed by atoms with Gasteiger partial charge in [-0.15, -0.1) is 0 Å². The highest BCUT2D eigenvalue weighted by Crippen LogP contribution is 2.47. The fourth-order valence-corrected chi connectivity index (χ4v) is 8.75. The second-order valence-corrected chi connectivity index (χ2v) is 12.6. The molecule has 0 aromatic heterocycles. The molecule has 216 valence electrons. The highest BCUT2D eigenvalue weighted by molar-refractivity contribution is 7.80. The predicted molar refractivity (Wildman–Crippen MR) is 181 cm³/mol. The quantitative estimate of drug-likeness (QED) is 0.0977. The number of rotatable bonds is 9. The lowest BCUT2D eigenvalue weighted by Crippen LogP contribution is -2.27. The first-order valence-electron chi connectivity index (χ1n) is 14.3. The van der Waals surface area contributed by atoms with Crippen LogP contribution in [0.5, 0.6) is 17.2 Å². The van der Waals surface area contributed by atoms with Gasteiger partial charge in [-0.1, -0.05) is 78.9 Å². The summed E-state index contributed by atoms with van der Waals surface area (Å²) in [5.74, 6) is 2.51. The van der Waals surface area contributed by atoms with Crippen LogP contribution in [-0.2, 0) is 4.74 Å². The van der Waals surface area contributed by atoms with Gasteiger partial charge in [0.05, 0.1) is 14.2 Å². The molecule has 6 rings (SSSR count). The van der Waals surface area contributed by atoms with Crippen LogP contribution < -0.4 is 30.1 Å². The molecule has 1 unspecified atom stereocenters. The molecule has 0 bridgehead atoms. The lowest BCUT2D eigenvalue weighted by molar-refractivity contribution is 0.0523. The Morgan fingerprint density at radius 2 is 1.30 bits per heavy atom. The van der Waals surface area contributed by atoms with Gasteiger partial charge in [0.1, 0.15) is 17.2 Å². The topological polar surface area (TPSA) is 36.9 Å². The van der Waals surface area contributed by atoms with Gasteiger partial charge in [0.2, 0.25) is 0 Å². The van der Waals surface area contributed by atoms with Crippen molar-refractivity contribution < 1.29 is 18.9 Å². The Hall–Kier alpha value is -4.37. The number of benzene rings is 6. The van der Waals surface area contributed by atoms with Crippen LogP contribution >= 0.6 is 7.92 Å². The summed E-state index contributed by atoms with van der Waals surface area (Å²) in [7, 11) is 3.99. The van der Waals surface area contributed by atoms with Crippen LogP contribution in [0.15, 0.2) is 109 Å². The van der Waals surface area contributed by atoms with Crippen LogP contribution in [0, 0.1) is 13.8 Å². The molecule has 43 heavy (non-hydrogen) atoms. The minimum Gasteiger partial charge on any atom is -0.497 e. The molecule has 6 aromatic carbocycles. The molecule has 4 nitrogen and oxygen atoms in total. The molecule has 0 aliphatic heterocycles. The first kappa shape index (κ1) is 28.7. The number of para-hydroxylation sites is 1. The van der Waals surface area contributed by atoms with E-state index >= 15 is 0 Å². The van der Waals surface area contributed by atoms with Crippen LogP contribution in [0.3, 0.4) is 0 Å². The van der Waals surface area contributed by atoms with Crippen molar-refractivity contribution in [3.63, 3.8) is 0 Å². The Morgan fingerprint density at radius 3 is 1.95 bits per heavy atom. The van der Waals surface area contributed by atoms with Crippen molar-refractivity contribution in [2.24, 2.45) is 0 Å². The first-order chi connectivity index (χ1) is 21.0. The average Bonchev–Trinajstić information content (AvgIpc) is 3.04. The smallest absolute Gasteiger partial charge is 0.188 e. The minimum atomic E-state index is -1.12. The Kier molecular flexibility index (Phi) is 8.33. The highest BCUT2D eigenvalue weighted by Gasteiger charge is 2.29. The van der Waals surface area contributed by atoms with Crippen LogP contribution in [0.1, 0.15) is 11.1 Å². The van der Waals surface area contributed by atoms with Crippen molar-refractivity contribution in [3.05, 3.63) is 120 Å². The van der Waals surface area contributed by atoms with Gasteiger partial charge in [-0.2, -0.15) is 0 Å². The molecule has 0 saturated heterocycles. The van der Waals surface area contributed by atoms with Gasteiger partial charge in [-0.05, 0) is 90.1 Å². The van der Waals surface area contributed by atoms with Gasteiger partial charge in [-0.25, -0.2) is 0 Å². The van der Waals surface area contributed by atoms with E-state index in [1.54, 1.807) is 21.3 Å². The number of aryl methyl sites for hydroxylation is 2. The van der Waals surface area contributed by atoms with Crippen LogP contribution in [-0.4, -0.2) is 28.1 Å². The molecule has 6 aromatic rings. The van der Waals surface area contributed by atoms with Crippen LogP contribution in [0.4, 0.5) is 0 Å². The third-order valence-corrected chi connectivity index (χ3v) is 10.7. The second-order valence-electron chi connectivity index (χ2n) is 10.5. The zero-order chi connectivity index (χ0) is 29.9. The van der Waals surface area contributed by atoms with Crippen molar-refractivity contribution in [2.45, 2.75) is 13.8 Å². The Bertz CT molecular complexity index is 1880. The molecule has 0 spiro atoms. The SMILES string of the molecule is COCOc1c(-c2c3ccccc3cc3ccccc23)cccc1P(c1ccc(OC)cc1C)c1c(C)cccc1OC. The van der Waals surface area contributed by atoms with E-state index in [0.717, 1.165) is 44.5 Å². The molecular weight excluding hydrogens is 551 g/mol. The van der Waals surface area contributed by atoms with Gasteiger partial charge >= 0.3 is 0 Å². The van der Waals surface area contributed by atoms with E-state index in [1.807, 2.05) is 18.2 Å². The monoisotopic (exact) mass is 586 g/mol. The molecule has 0 heterocycles. The standard InChI is InChI=1S/C38H35O4P/c1-25-12-10-18-33(41-5)38(25)43(34-21-20-29(40-4)22-26(34)2)35-19-11-17-32(37(35)42-24-39-3)36-30-15-8-6-13-27(30)23-28-14-7-9-16-31(28)36/h6-23H,24H2,1-5H3. The van der Waals surface area contributed by atoms with Gasteiger partial charge in [-0.3, -0.25) is 0 Å². The molecule has 0 fully saturated rings. The maximum atomic E-state index is 6.62. The Labute approximate surface area is 254 Å². The largest absolute Gasteiger partial charge is 0.497 e. The zero-order valence-electron chi connectivity index (χ0n) is 25.2. The number of methoxy groups -OCH3 is 3. The number of fused-ring (bicyclic) bond motifs is 2. The molecule has 0 aliphatic carbocycles. The van der Waals surface area contributed by atoms with Crippen molar-refractivity contribution >= 4 is 45.4 Å². The second kappa shape index (κ2) is 12.5. The summed E-state index contributed by atoms with van der Waals surface area (Å²) in [5.41, 5.74) is 4.50. The van der Waals surface area contributed by atoms with E-state index in [2.05, 4.69) is 105 Å². The van der Waals surface area contributed by atoms with E-state index in [1.165, 1.54) is 32.4 Å². The van der Waals surface area contributed by atoms with E-state index in [-0.39, 0.29) is 6.79 Å². The van der Waals surface area contributed by atoms with E-state index in [0.29, 0.717) is 0 Å². The zero-order valence-corrected chi connectivity index (χ0v) is 26.1. The van der Waals surface area contributed by atoms with Crippen molar-refractivity contribution in [1.82, 2.24) is 0 Å². The molecule has 1 atom stereocenters. The van der Waals surface area contributed by atoms with Crippen LogP contribution in [0.2, 0.25) is 0 Å². The number of hydrogen-bond donors (Lipinski definition) is 0. The van der Waals surface area contributed by atoms with Crippen molar-refractivity contribution in [2.75, 3.05) is 28.1 Å².